The van der Waals surface area contributed by atoms with Gasteiger partial charge in [0.25, 0.3) is 5.91 Å². The summed E-state index contributed by atoms with van der Waals surface area (Å²) in [5.41, 5.74) is -0.220. The van der Waals surface area contributed by atoms with Crippen molar-refractivity contribution in [2.24, 2.45) is 0 Å². The second kappa shape index (κ2) is 11.1. The number of pyridine rings is 2. The van der Waals surface area contributed by atoms with Gasteiger partial charge >= 0.3 is 6.18 Å². The highest BCUT2D eigenvalue weighted by Crippen LogP contribution is 2.35. The number of aryl methyl sites for hydroxylation is 1. The van der Waals surface area contributed by atoms with E-state index in [1.54, 1.807) is 30.3 Å². The van der Waals surface area contributed by atoms with Crippen LogP contribution in [-0.4, -0.2) is 82.0 Å². The Morgan fingerprint density at radius 3 is 2.38 bits per heavy atom. The largest absolute Gasteiger partial charge is 0.433 e. The predicted octanol–water partition coefficient (Wildman–Crippen LogP) is 3.35. The Morgan fingerprint density at radius 2 is 1.68 bits per heavy atom. The number of carbonyl (C=O) groups is 1. The summed E-state index contributed by atoms with van der Waals surface area (Å²) in [5, 5.41) is 2.85. The van der Waals surface area contributed by atoms with Gasteiger partial charge in [-0.15, -0.1) is 0 Å². The Labute approximate surface area is 228 Å². The average molecular weight is 552 g/mol. The molecule has 1 saturated heterocycles. The topological polar surface area (TPSA) is 107 Å². The number of benzene rings is 1. The van der Waals surface area contributed by atoms with Crippen molar-refractivity contribution in [1.29, 1.82) is 0 Å². The zero-order valence-electron chi connectivity index (χ0n) is 22.0. The number of hydrogen-bond donors (Lipinski definition) is 2. The van der Waals surface area contributed by atoms with E-state index in [9.17, 15) is 22.8 Å². The SMILES string of the molecule is Cc1cc(-c2nc3c(C(=O)NCCN4CCN(C)CC4)cc(=O)[nH]c3nc2-c2ccccc2)cc(C(F)(F)F)n1. The van der Waals surface area contributed by atoms with Crippen molar-refractivity contribution in [3.05, 3.63) is 75.8 Å². The van der Waals surface area contributed by atoms with Crippen LogP contribution in [0.5, 0.6) is 0 Å². The minimum absolute atomic E-state index is 0.00712. The maximum absolute atomic E-state index is 13.6. The normalized spacial score (nSPS) is 14.9. The fraction of sp³-hybridized carbons (Fsp3) is 0.321. The zero-order valence-corrected chi connectivity index (χ0v) is 22.0. The molecule has 40 heavy (non-hydrogen) atoms. The highest BCUT2D eigenvalue weighted by Gasteiger charge is 2.33. The summed E-state index contributed by atoms with van der Waals surface area (Å²) >= 11 is 0. The van der Waals surface area contributed by atoms with Crippen LogP contribution in [0.2, 0.25) is 0 Å². The van der Waals surface area contributed by atoms with Crippen LogP contribution in [0.4, 0.5) is 13.2 Å². The summed E-state index contributed by atoms with van der Waals surface area (Å²) in [6, 6.07) is 12.3. The van der Waals surface area contributed by atoms with E-state index in [0.29, 0.717) is 18.7 Å². The molecule has 208 valence electrons. The maximum atomic E-state index is 13.6. The third-order valence-electron chi connectivity index (χ3n) is 6.79. The van der Waals surface area contributed by atoms with E-state index in [-0.39, 0.29) is 39.4 Å². The van der Waals surface area contributed by atoms with Crippen LogP contribution in [-0.2, 0) is 6.18 Å². The molecule has 1 fully saturated rings. The molecule has 5 rings (SSSR count). The molecule has 4 heterocycles. The van der Waals surface area contributed by atoms with Gasteiger partial charge in [0.15, 0.2) is 5.65 Å². The number of fused-ring (bicyclic) bond motifs is 1. The van der Waals surface area contributed by atoms with Crippen LogP contribution in [0.1, 0.15) is 21.7 Å². The molecule has 0 atom stereocenters. The number of likely N-dealkylation sites (N-methyl/N-ethyl adjacent to an activating group) is 1. The molecule has 1 aromatic carbocycles. The highest BCUT2D eigenvalue weighted by molar-refractivity contribution is 6.04. The second-order valence-electron chi connectivity index (χ2n) is 9.81. The molecule has 3 aromatic heterocycles. The van der Waals surface area contributed by atoms with E-state index < -0.39 is 23.3 Å². The molecule has 1 aliphatic rings. The zero-order chi connectivity index (χ0) is 28.4. The first-order valence-electron chi connectivity index (χ1n) is 12.8. The van der Waals surface area contributed by atoms with Crippen LogP contribution in [0.15, 0.2) is 53.3 Å². The number of carbonyl (C=O) groups excluding carboxylic acids is 1. The summed E-state index contributed by atoms with van der Waals surface area (Å²) in [6.45, 7) is 6.14. The quantitative estimate of drug-likeness (QED) is 0.379. The summed E-state index contributed by atoms with van der Waals surface area (Å²) in [6.07, 6.45) is -4.67. The maximum Gasteiger partial charge on any atom is 0.433 e. The number of halogens is 3. The van der Waals surface area contributed by atoms with Crippen molar-refractivity contribution in [3.8, 4) is 22.5 Å². The highest BCUT2D eigenvalue weighted by atomic mass is 19.4. The number of aromatic nitrogens is 4. The molecule has 9 nitrogen and oxygen atoms in total. The summed E-state index contributed by atoms with van der Waals surface area (Å²) in [5.74, 6) is -0.514. The van der Waals surface area contributed by atoms with Gasteiger partial charge in [-0.05, 0) is 26.1 Å². The van der Waals surface area contributed by atoms with Gasteiger partial charge in [0.2, 0.25) is 5.56 Å². The first kappa shape index (κ1) is 27.4. The monoisotopic (exact) mass is 551 g/mol. The van der Waals surface area contributed by atoms with Gasteiger partial charge < -0.3 is 15.2 Å². The summed E-state index contributed by atoms with van der Waals surface area (Å²) < 4.78 is 40.9. The molecule has 0 saturated carbocycles. The summed E-state index contributed by atoms with van der Waals surface area (Å²) in [4.78, 5) is 45.7. The van der Waals surface area contributed by atoms with Gasteiger partial charge in [0.1, 0.15) is 11.2 Å². The van der Waals surface area contributed by atoms with Gasteiger partial charge in [-0.3, -0.25) is 14.5 Å². The van der Waals surface area contributed by atoms with Gasteiger partial charge in [-0.2, -0.15) is 13.2 Å². The number of rotatable bonds is 6. The first-order chi connectivity index (χ1) is 19.1. The number of alkyl halides is 3. The molecule has 1 aliphatic heterocycles. The van der Waals surface area contributed by atoms with Crippen LogP contribution in [0, 0.1) is 6.92 Å². The molecule has 0 aliphatic carbocycles. The van der Waals surface area contributed by atoms with Gasteiger partial charge in [-0.1, -0.05) is 30.3 Å². The molecular weight excluding hydrogens is 523 g/mol. The third kappa shape index (κ3) is 6.02. The lowest BCUT2D eigenvalue weighted by atomic mass is 10.0. The lowest BCUT2D eigenvalue weighted by Crippen LogP contribution is -2.46. The molecule has 1 amide bonds. The van der Waals surface area contributed by atoms with Crippen molar-refractivity contribution < 1.29 is 18.0 Å². The molecule has 0 unspecified atom stereocenters. The Bertz CT molecular complexity index is 1600. The van der Waals surface area contributed by atoms with Crippen LogP contribution in [0.25, 0.3) is 33.7 Å². The lowest BCUT2D eigenvalue weighted by Gasteiger charge is -2.32. The van der Waals surface area contributed by atoms with E-state index in [2.05, 4.69) is 42.1 Å². The molecule has 0 radical (unpaired) electrons. The number of hydrogen-bond acceptors (Lipinski definition) is 7. The van der Waals surface area contributed by atoms with Crippen molar-refractivity contribution >= 4 is 17.1 Å². The van der Waals surface area contributed by atoms with Crippen molar-refractivity contribution in [3.63, 3.8) is 0 Å². The molecular formula is C28H28F3N7O2. The first-order valence-corrected chi connectivity index (χ1v) is 12.8. The van der Waals surface area contributed by atoms with Gasteiger partial charge in [0, 0.05) is 62.2 Å². The molecule has 2 N–H and O–H groups in total. The number of aromatic amines is 1. The van der Waals surface area contributed by atoms with E-state index >= 15 is 0 Å². The van der Waals surface area contributed by atoms with Crippen LogP contribution >= 0.6 is 0 Å². The van der Waals surface area contributed by atoms with E-state index in [4.69, 9.17) is 0 Å². The van der Waals surface area contributed by atoms with Crippen molar-refractivity contribution in [1.82, 2.24) is 35.1 Å². The van der Waals surface area contributed by atoms with Gasteiger partial charge in [-0.25, -0.2) is 15.0 Å². The molecule has 0 bridgehead atoms. The number of nitrogens with one attached hydrogen (secondary N) is 2. The smallest absolute Gasteiger partial charge is 0.351 e. The number of H-pyrrole nitrogens is 1. The number of piperazine rings is 1. The fourth-order valence-electron chi connectivity index (χ4n) is 4.68. The Kier molecular flexibility index (Phi) is 7.63. The van der Waals surface area contributed by atoms with Gasteiger partial charge in [0.05, 0.1) is 17.0 Å². The molecule has 12 heteroatoms. The van der Waals surface area contributed by atoms with E-state index in [1.807, 2.05) is 0 Å². The van der Waals surface area contributed by atoms with Crippen molar-refractivity contribution in [2.45, 2.75) is 13.1 Å². The number of amides is 1. The van der Waals surface area contributed by atoms with Crippen LogP contribution < -0.4 is 10.9 Å². The molecule has 4 aromatic rings. The van der Waals surface area contributed by atoms with E-state index in [0.717, 1.165) is 38.3 Å². The lowest BCUT2D eigenvalue weighted by molar-refractivity contribution is -0.141. The van der Waals surface area contributed by atoms with E-state index in [1.165, 1.54) is 13.0 Å². The predicted molar refractivity (Wildman–Crippen MR) is 145 cm³/mol. The van der Waals surface area contributed by atoms with Crippen LogP contribution in [0.3, 0.4) is 0 Å². The Hall–Kier alpha value is -4.16. The average Bonchev–Trinajstić information content (AvgIpc) is 2.92. The minimum Gasteiger partial charge on any atom is -0.351 e. The fourth-order valence-corrected chi connectivity index (χ4v) is 4.68. The Morgan fingerprint density at radius 1 is 0.975 bits per heavy atom. The summed E-state index contributed by atoms with van der Waals surface area (Å²) in [7, 11) is 2.06. The molecule has 0 spiro atoms. The number of nitrogens with zero attached hydrogens (tertiary/aromatic N) is 5. The Balaban J connectivity index is 1.58. The third-order valence-corrected chi connectivity index (χ3v) is 6.79. The minimum atomic E-state index is -4.67. The second-order valence-corrected chi connectivity index (χ2v) is 9.81. The van der Waals surface area contributed by atoms with Crippen molar-refractivity contribution in [2.75, 3.05) is 46.3 Å². The standard InChI is InChI=1S/C28H28F3N7O2/c1-17-14-19(15-21(33-17)28(29,30)31)24-23(18-6-4-3-5-7-18)36-26-25(35-24)20(16-22(39)34-26)27(40)32-8-9-38-12-10-37(2)11-13-38/h3-7,14-16H,8-13H2,1-2H3,(H,32,40)(H,34,36,39).